The van der Waals surface area contributed by atoms with Gasteiger partial charge in [-0.1, -0.05) is 0 Å². The summed E-state index contributed by atoms with van der Waals surface area (Å²) in [6, 6.07) is 3.76. The van der Waals surface area contributed by atoms with Gasteiger partial charge in [0.2, 0.25) is 10.0 Å². The summed E-state index contributed by atoms with van der Waals surface area (Å²) in [6.45, 7) is 1.26. The molecule has 0 fully saturated rings. The van der Waals surface area contributed by atoms with Crippen LogP contribution < -0.4 is 15.2 Å². The first kappa shape index (κ1) is 13.8. The van der Waals surface area contributed by atoms with Crippen molar-refractivity contribution in [3.05, 3.63) is 18.2 Å². The lowest BCUT2D eigenvalue weighted by Gasteiger charge is -2.14. The van der Waals surface area contributed by atoms with Gasteiger partial charge in [-0.25, -0.2) is 13.1 Å². The van der Waals surface area contributed by atoms with Gasteiger partial charge in [0.25, 0.3) is 0 Å². The second-order valence-electron chi connectivity index (χ2n) is 3.62. The van der Waals surface area contributed by atoms with E-state index in [9.17, 15) is 8.42 Å². The molecule has 1 atom stereocenters. The molecule has 0 radical (unpaired) electrons. The number of aliphatic hydroxyl groups is 1. The molecule has 0 saturated heterocycles. The van der Waals surface area contributed by atoms with E-state index in [-0.39, 0.29) is 17.3 Å². The van der Waals surface area contributed by atoms with Gasteiger partial charge in [0.15, 0.2) is 0 Å². The van der Waals surface area contributed by atoms with Crippen molar-refractivity contribution < 1.29 is 18.3 Å². The Morgan fingerprint density at radius 1 is 1.53 bits per heavy atom. The highest BCUT2D eigenvalue weighted by atomic mass is 32.2. The minimum Gasteiger partial charge on any atom is -0.495 e. The van der Waals surface area contributed by atoms with Crippen molar-refractivity contribution in [3.8, 4) is 5.75 Å². The number of benzene rings is 1. The monoisotopic (exact) mass is 260 g/mol. The number of hydrogen-bond acceptors (Lipinski definition) is 5. The fourth-order valence-corrected chi connectivity index (χ4v) is 2.71. The fourth-order valence-electron chi connectivity index (χ4n) is 1.27. The maximum absolute atomic E-state index is 12.0. The maximum Gasteiger partial charge on any atom is 0.244 e. The first-order valence-electron chi connectivity index (χ1n) is 4.97. The lowest BCUT2D eigenvalue weighted by Crippen LogP contribution is -2.35. The summed E-state index contributed by atoms with van der Waals surface area (Å²) in [5, 5.41) is 8.84. The van der Waals surface area contributed by atoms with Gasteiger partial charge < -0.3 is 15.6 Å². The fraction of sp³-hybridized carbons (Fsp3) is 0.400. The number of rotatable bonds is 5. The second kappa shape index (κ2) is 5.35. The third-order valence-electron chi connectivity index (χ3n) is 2.11. The average Bonchev–Trinajstić information content (AvgIpc) is 2.28. The van der Waals surface area contributed by atoms with Crippen LogP contribution in [-0.2, 0) is 10.0 Å². The number of nitrogens with two attached hydrogens (primary N) is 1. The van der Waals surface area contributed by atoms with Gasteiger partial charge in [-0.2, -0.15) is 0 Å². The molecule has 0 aromatic heterocycles. The van der Waals surface area contributed by atoms with Crippen LogP contribution in [0.1, 0.15) is 6.92 Å². The largest absolute Gasteiger partial charge is 0.495 e. The van der Waals surface area contributed by atoms with E-state index in [0.717, 1.165) is 0 Å². The zero-order valence-electron chi connectivity index (χ0n) is 9.67. The first-order valence-corrected chi connectivity index (χ1v) is 6.45. The lowest BCUT2D eigenvalue weighted by molar-refractivity contribution is 0.265. The summed E-state index contributed by atoms with van der Waals surface area (Å²) < 4.78 is 31.2. The normalized spacial score (nSPS) is 13.4. The summed E-state index contributed by atoms with van der Waals surface area (Å²) in [4.78, 5) is -0.0414. The van der Waals surface area contributed by atoms with Crippen LogP contribution in [0, 0.1) is 0 Å². The molecular formula is C10H16N2O4S. The van der Waals surface area contributed by atoms with Crippen LogP contribution in [0.25, 0.3) is 0 Å². The van der Waals surface area contributed by atoms with Crippen LogP contribution >= 0.6 is 0 Å². The van der Waals surface area contributed by atoms with Crippen LogP contribution in [0.5, 0.6) is 5.75 Å². The molecule has 17 heavy (non-hydrogen) atoms. The molecule has 6 nitrogen and oxygen atoms in total. The molecule has 0 aliphatic heterocycles. The highest BCUT2D eigenvalue weighted by molar-refractivity contribution is 7.89. The number of nitrogen functional groups attached to an aromatic ring is 1. The average molecular weight is 260 g/mol. The standard InChI is InChI=1S/C10H16N2O4S/c1-7(6-13)12-17(14,15)10-5-8(11)3-4-9(10)16-2/h3-5,7,12-13H,6,11H2,1-2H3. The molecule has 1 aromatic carbocycles. The molecule has 4 N–H and O–H groups in total. The Bertz CT molecular complexity index is 487. The SMILES string of the molecule is COc1ccc(N)cc1S(=O)(=O)NC(C)CO. The van der Waals surface area contributed by atoms with Gasteiger partial charge in [0.1, 0.15) is 10.6 Å². The van der Waals surface area contributed by atoms with E-state index < -0.39 is 16.1 Å². The van der Waals surface area contributed by atoms with Crippen LogP contribution in [0.2, 0.25) is 0 Å². The number of anilines is 1. The molecule has 0 saturated carbocycles. The van der Waals surface area contributed by atoms with E-state index in [2.05, 4.69) is 4.72 Å². The Balaban J connectivity index is 3.18. The Kier molecular flexibility index (Phi) is 4.33. The summed E-state index contributed by atoms with van der Waals surface area (Å²) in [7, 11) is -2.38. The molecule has 0 amide bonds. The van der Waals surface area contributed by atoms with Crippen molar-refractivity contribution in [1.29, 1.82) is 0 Å². The topological polar surface area (TPSA) is 102 Å². The van der Waals surface area contributed by atoms with Crippen molar-refractivity contribution in [2.75, 3.05) is 19.5 Å². The van der Waals surface area contributed by atoms with Crippen molar-refractivity contribution >= 4 is 15.7 Å². The summed E-state index contributed by atoms with van der Waals surface area (Å²) in [5.41, 5.74) is 5.87. The summed E-state index contributed by atoms with van der Waals surface area (Å²) in [5.74, 6) is 0.205. The second-order valence-corrected chi connectivity index (χ2v) is 5.30. The molecule has 0 aliphatic carbocycles. The molecule has 0 aliphatic rings. The van der Waals surface area contributed by atoms with Gasteiger partial charge in [0, 0.05) is 11.7 Å². The van der Waals surface area contributed by atoms with E-state index in [1.54, 1.807) is 13.0 Å². The first-order chi connectivity index (χ1) is 7.90. The highest BCUT2D eigenvalue weighted by Gasteiger charge is 2.21. The van der Waals surface area contributed by atoms with E-state index >= 15 is 0 Å². The van der Waals surface area contributed by atoms with Crippen molar-refractivity contribution in [1.82, 2.24) is 4.72 Å². The predicted octanol–water partition coefficient (Wildman–Crippen LogP) is -0.0635. The number of nitrogens with one attached hydrogen (secondary N) is 1. The molecule has 1 aromatic rings. The van der Waals surface area contributed by atoms with Crippen molar-refractivity contribution in [3.63, 3.8) is 0 Å². The van der Waals surface area contributed by atoms with E-state index in [1.807, 2.05) is 0 Å². The van der Waals surface area contributed by atoms with E-state index in [4.69, 9.17) is 15.6 Å². The van der Waals surface area contributed by atoms with Crippen LogP contribution in [0.15, 0.2) is 23.1 Å². The van der Waals surface area contributed by atoms with E-state index in [1.165, 1.54) is 19.2 Å². The number of methoxy groups -OCH3 is 1. The Morgan fingerprint density at radius 2 is 2.18 bits per heavy atom. The molecular weight excluding hydrogens is 244 g/mol. The Morgan fingerprint density at radius 3 is 2.71 bits per heavy atom. The van der Waals surface area contributed by atoms with E-state index in [0.29, 0.717) is 5.69 Å². The van der Waals surface area contributed by atoms with Crippen LogP contribution in [0.3, 0.4) is 0 Å². The Hall–Kier alpha value is -1.31. The van der Waals surface area contributed by atoms with Gasteiger partial charge in [0.05, 0.1) is 13.7 Å². The molecule has 0 spiro atoms. The Labute approximate surface area is 100 Å². The van der Waals surface area contributed by atoms with Crippen molar-refractivity contribution in [2.45, 2.75) is 17.9 Å². The number of aliphatic hydroxyl groups excluding tert-OH is 1. The zero-order chi connectivity index (χ0) is 13.1. The lowest BCUT2D eigenvalue weighted by atomic mass is 10.3. The zero-order valence-corrected chi connectivity index (χ0v) is 10.5. The highest BCUT2D eigenvalue weighted by Crippen LogP contribution is 2.25. The molecule has 1 unspecified atom stereocenters. The van der Waals surface area contributed by atoms with Gasteiger partial charge in [-0.3, -0.25) is 0 Å². The maximum atomic E-state index is 12.0. The number of ether oxygens (including phenoxy) is 1. The van der Waals surface area contributed by atoms with Crippen LogP contribution in [-0.4, -0.2) is 33.3 Å². The molecule has 96 valence electrons. The quantitative estimate of drug-likeness (QED) is 0.644. The molecule has 0 heterocycles. The number of sulfonamides is 1. The predicted molar refractivity (Wildman–Crippen MR) is 64.3 cm³/mol. The minimum atomic E-state index is -3.75. The molecule has 7 heteroatoms. The smallest absolute Gasteiger partial charge is 0.244 e. The van der Waals surface area contributed by atoms with Crippen LogP contribution in [0.4, 0.5) is 5.69 Å². The summed E-state index contributed by atoms with van der Waals surface area (Å²) >= 11 is 0. The third kappa shape index (κ3) is 3.32. The number of hydrogen-bond donors (Lipinski definition) is 3. The minimum absolute atomic E-state index is 0.0414. The molecule has 0 bridgehead atoms. The van der Waals surface area contributed by atoms with Gasteiger partial charge in [-0.05, 0) is 25.1 Å². The van der Waals surface area contributed by atoms with Gasteiger partial charge in [-0.15, -0.1) is 0 Å². The third-order valence-corrected chi connectivity index (χ3v) is 3.72. The molecule has 1 rings (SSSR count). The van der Waals surface area contributed by atoms with Gasteiger partial charge >= 0.3 is 0 Å². The van der Waals surface area contributed by atoms with Crippen molar-refractivity contribution in [2.24, 2.45) is 0 Å². The summed E-state index contributed by atoms with van der Waals surface area (Å²) in [6.07, 6.45) is 0.